The van der Waals surface area contributed by atoms with E-state index in [1.807, 2.05) is 36.4 Å². The number of aromatic nitrogens is 2. The lowest BCUT2D eigenvalue weighted by Gasteiger charge is -2.25. The molecular weight excluding hydrogens is 411 g/mol. The van der Waals surface area contributed by atoms with E-state index in [9.17, 15) is 5.11 Å². The van der Waals surface area contributed by atoms with E-state index in [-0.39, 0.29) is 12.6 Å². The predicted octanol–water partition coefficient (Wildman–Crippen LogP) is 4.52. The number of nitrogens with one attached hydrogen (secondary N) is 1. The Morgan fingerprint density at radius 1 is 1.17 bits per heavy atom. The smallest absolute Gasteiger partial charge is 0.159 e. The lowest BCUT2D eigenvalue weighted by atomic mass is 10.1. The Balaban J connectivity index is 1.66. The number of nitrogens with zero attached hydrogens (tertiary/aromatic N) is 3. The fourth-order valence-corrected chi connectivity index (χ4v) is 4.22. The second-order valence-electron chi connectivity index (χ2n) is 7.06. The molecule has 0 radical (unpaired) electrons. The first-order valence-electron chi connectivity index (χ1n) is 9.50. The lowest BCUT2D eigenvalue weighted by molar-refractivity contribution is 0.266. The summed E-state index contributed by atoms with van der Waals surface area (Å²) in [7, 11) is 1.59. The van der Waals surface area contributed by atoms with E-state index < -0.39 is 0 Å². The number of methoxy groups -OCH3 is 1. The van der Waals surface area contributed by atoms with Crippen molar-refractivity contribution in [2.75, 3.05) is 30.5 Å². The van der Waals surface area contributed by atoms with Crippen LogP contribution in [0.15, 0.2) is 36.4 Å². The van der Waals surface area contributed by atoms with Crippen LogP contribution in [-0.4, -0.2) is 41.6 Å². The number of ether oxygens (including phenoxy) is 1. The number of aliphatic hydroxyl groups is 1. The summed E-state index contributed by atoms with van der Waals surface area (Å²) in [6.07, 6.45) is 1.98. The lowest BCUT2D eigenvalue weighted by Crippen LogP contribution is -2.33. The summed E-state index contributed by atoms with van der Waals surface area (Å²) in [6, 6.07) is 11.4. The number of hydrogen-bond acceptors (Lipinski definition) is 6. The zero-order valence-corrected chi connectivity index (χ0v) is 17.5. The molecule has 6 nitrogen and oxygen atoms in total. The van der Waals surface area contributed by atoms with Crippen LogP contribution in [-0.2, 0) is 6.54 Å². The molecule has 0 bridgehead atoms. The van der Waals surface area contributed by atoms with Crippen molar-refractivity contribution in [1.82, 2.24) is 10.2 Å². The first-order chi connectivity index (χ1) is 14.1. The number of benzene rings is 2. The predicted molar refractivity (Wildman–Crippen MR) is 117 cm³/mol. The fraction of sp³-hybridized carbons (Fsp3) is 0.333. The third-order valence-corrected chi connectivity index (χ3v) is 5.79. The van der Waals surface area contributed by atoms with Gasteiger partial charge in [0.2, 0.25) is 0 Å². The monoisotopic (exact) mass is 432 g/mol. The van der Waals surface area contributed by atoms with Crippen LogP contribution >= 0.6 is 23.2 Å². The topological polar surface area (TPSA) is 70.5 Å². The molecule has 1 aliphatic rings. The van der Waals surface area contributed by atoms with Gasteiger partial charge in [0.05, 0.1) is 24.8 Å². The molecule has 1 atom stereocenters. The van der Waals surface area contributed by atoms with Gasteiger partial charge in [0, 0.05) is 28.9 Å². The Hall–Kier alpha value is -2.28. The Bertz CT molecular complexity index is 1030. The maximum atomic E-state index is 9.70. The van der Waals surface area contributed by atoms with Crippen LogP contribution < -0.4 is 15.0 Å². The van der Waals surface area contributed by atoms with Gasteiger partial charge in [-0.15, -0.1) is 10.2 Å². The first kappa shape index (κ1) is 20.0. The summed E-state index contributed by atoms with van der Waals surface area (Å²) < 4.78 is 5.20. The fourth-order valence-electron chi connectivity index (χ4n) is 3.77. The highest BCUT2D eigenvalue weighted by Gasteiger charge is 2.27. The molecule has 29 heavy (non-hydrogen) atoms. The van der Waals surface area contributed by atoms with Gasteiger partial charge in [-0.2, -0.15) is 0 Å². The molecule has 1 aromatic heterocycles. The molecule has 2 heterocycles. The van der Waals surface area contributed by atoms with Gasteiger partial charge in [-0.05, 0) is 48.7 Å². The number of hydrogen-bond donors (Lipinski definition) is 2. The summed E-state index contributed by atoms with van der Waals surface area (Å²) in [6.45, 7) is 1.49. The average molecular weight is 433 g/mol. The minimum atomic E-state index is 0.0726. The van der Waals surface area contributed by atoms with Crippen molar-refractivity contribution in [3.05, 3.63) is 52.0 Å². The number of anilines is 2. The molecule has 3 aromatic rings. The molecule has 0 saturated carbocycles. The zero-order chi connectivity index (χ0) is 20.4. The second-order valence-corrected chi connectivity index (χ2v) is 7.90. The summed E-state index contributed by atoms with van der Waals surface area (Å²) in [4.78, 5) is 2.14. The largest absolute Gasteiger partial charge is 0.495 e. The highest BCUT2D eigenvalue weighted by Crippen LogP contribution is 2.34. The SMILES string of the molecule is COc1ccc(CNc2nnc(N3CCCC3CO)c3ccc(Cl)cc23)cc1Cl. The molecule has 152 valence electrons. The highest BCUT2D eigenvalue weighted by atomic mass is 35.5. The van der Waals surface area contributed by atoms with Gasteiger partial charge in [-0.25, -0.2) is 0 Å². The van der Waals surface area contributed by atoms with Crippen molar-refractivity contribution in [2.24, 2.45) is 0 Å². The average Bonchev–Trinajstić information content (AvgIpc) is 3.20. The molecule has 4 rings (SSSR count). The quantitative estimate of drug-likeness (QED) is 0.596. The zero-order valence-electron chi connectivity index (χ0n) is 16.0. The van der Waals surface area contributed by atoms with Crippen molar-refractivity contribution in [1.29, 1.82) is 0 Å². The van der Waals surface area contributed by atoms with Gasteiger partial charge in [-0.1, -0.05) is 29.3 Å². The van der Waals surface area contributed by atoms with Gasteiger partial charge in [0.15, 0.2) is 11.6 Å². The molecule has 1 unspecified atom stereocenters. The summed E-state index contributed by atoms with van der Waals surface area (Å²) in [5.41, 5.74) is 0.997. The Kier molecular flexibility index (Phi) is 5.94. The normalized spacial score (nSPS) is 16.4. The van der Waals surface area contributed by atoms with Gasteiger partial charge in [-0.3, -0.25) is 0 Å². The van der Waals surface area contributed by atoms with Crippen molar-refractivity contribution in [3.63, 3.8) is 0 Å². The third-order valence-electron chi connectivity index (χ3n) is 5.26. The minimum absolute atomic E-state index is 0.0726. The van der Waals surface area contributed by atoms with E-state index in [1.54, 1.807) is 7.11 Å². The molecule has 0 spiro atoms. The molecule has 1 saturated heterocycles. The van der Waals surface area contributed by atoms with E-state index >= 15 is 0 Å². The molecular formula is C21H22Cl2N4O2. The Morgan fingerprint density at radius 2 is 2.03 bits per heavy atom. The Labute approximate surface area is 179 Å². The summed E-state index contributed by atoms with van der Waals surface area (Å²) >= 11 is 12.5. The van der Waals surface area contributed by atoms with Crippen LogP contribution in [0.2, 0.25) is 10.0 Å². The number of rotatable bonds is 6. The van der Waals surface area contributed by atoms with Crippen molar-refractivity contribution >= 4 is 45.6 Å². The van der Waals surface area contributed by atoms with Crippen LogP contribution in [0.5, 0.6) is 5.75 Å². The van der Waals surface area contributed by atoms with E-state index in [4.69, 9.17) is 27.9 Å². The van der Waals surface area contributed by atoms with Gasteiger partial charge >= 0.3 is 0 Å². The molecule has 0 amide bonds. The highest BCUT2D eigenvalue weighted by molar-refractivity contribution is 6.32. The van der Waals surface area contributed by atoms with Crippen LogP contribution in [0.1, 0.15) is 18.4 Å². The van der Waals surface area contributed by atoms with Crippen LogP contribution in [0.25, 0.3) is 10.8 Å². The van der Waals surface area contributed by atoms with Gasteiger partial charge in [0.1, 0.15) is 5.75 Å². The maximum absolute atomic E-state index is 9.70. The first-order valence-corrected chi connectivity index (χ1v) is 10.3. The second kappa shape index (κ2) is 8.61. The van der Waals surface area contributed by atoms with Crippen LogP contribution in [0.4, 0.5) is 11.6 Å². The van der Waals surface area contributed by atoms with E-state index in [0.29, 0.717) is 28.2 Å². The van der Waals surface area contributed by atoms with Gasteiger partial charge < -0.3 is 20.1 Å². The number of halogens is 2. The van der Waals surface area contributed by atoms with Crippen molar-refractivity contribution in [2.45, 2.75) is 25.4 Å². The standard InChI is InChI=1S/C21H22Cl2N4O2/c1-29-19-7-4-13(9-18(19)23)11-24-20-17-10-14(22)5-6-16(17)21(26-25-20)27-8-2-3-15(27)12-28/h4-7,9-10,15,28H,2-3,8,11-12H2,1H3,(H,24,25). The number of fused-ring (bicyclic) bond motifs is 1. The molecule has 0 aliphatic carbocycles. The number of aliphatic hydroxyl groups excluding tert-OH is 1. The van der Waals surface area contributed by atoms with Gasteiger partial charge in [0.25, 0.3) is 0 Å². The molecule has 8 heteroatoms. The molecule has 2 N–H and O–H groups in total. The van der Waals surface area contributed by atoms with E-state index in [0.717, 1.165) is 41.5 Å². The van der Waals surface area contributed by atoms with Crippen molar-refractivity contribution in [3.8, 4) is 5.75 Å². The third kappa shape index (κ3) is 4.06. The Morgan fingerprint density at radius 3 is 2.79 bits per heavy atom. The van der Waals surface area contributed by atoms with E-state index in [2.05, 4.69) is 20.4 Å². The van der Waals surface area contributed by atoms with Crippen LogP contribution in [0, 0.1) is 0 Å². The molecule has 2 aromatic carbocycles. The van der Waals surface area contributed by atoms with Crippen LogP contribution in [0.3, 0.4) is 0 Å². The minimum Gasteiger partial charge on any atom is -0.495 e. The van der Waals surface area contributed by atoms with E-state index in [1.165, 1.54) is 0 Å². The van der Waals surface area contributed by atoms with Crippen molar-refractivity contribution < 1.29 is 9.84 Å². The maximum Gasteiger partial charge on any atom is 0.159 e. The molecule has 1 fully saturated rings. The molecule has 1 aliphatic heterocycles. The summed E-state index contributed by atoms with van der Waals surface area (Å²) in [5.74, 6) is 2.07. The summed E-state index contributed by atoms with van der Waals surface area (Å²) in [5, 5.41) is 25.0.